The zero-order valence-corrected chi connectivity index (χ0v) is 18.1. The van der Waals surface area contributed by atoms with Crippen molar-refractivity contribution in [1.29, 1.82) is 0 Å². The first-order valence-corrected chi connectivity index (χ1v) is 10.8. The van der Waals surface area contributed by atoms with E-state index in [9.17, 15) is 9.90 Å². The van der Waals surface area contributed by atoms with Gasteiger partial charge >= 0.3 is 0 Å². The molecule has 1 heterocycles. The highest BCUT2D eigenvalue weighted by molar-refractivity contribution is 7.99. The van der Waals surface area contributed by atoms with Gasteiger partial charge in [-0.15, -0.1) is 10.2 Å². The van der Waals surface area contributed by atoms with Gasteiger partial charge in [0.15, 0.2) is 11.0 Å². The third-order valence-corrected chi connectivity index (χ3v) is 5.49. The minimum Gasteiger partial charge on any atom is -0.508 e. The number of nitrogens with zero attached hydrogens (tertiary/aromatic N) is 4. The first-order chi connectivity index (χ1) is 14.5. The standard InChI is InChI=1S/C22H25N5O2S/c1-4-19(16-10-12-18(28)13-11-16)23-24-20(29)14-30-22-26-25-21(27(22)5-2)17-8-6-15(3)7-9-17/h6-13,28H,4-5,14H2,1-3H3,(H,24,29)/b23-19+. The fourth-order valence-electron chi connectivity index (χ4n) is 2.89. The third kappa shape index (κ3) is 5.27. The Kier molecular flexibility index (Phi) is 7.24. The molecule has 0 atom stereocenters. The van der Waals surface area contributed by atoms with Crippen LogP contribution in [0.5, 0.6) is 5.75 Å². The number of phenolic OH excluding ortho intramolecular Hbond substituents is 1. The topological polar surface area (TPSA) is 92.4 Å². The quantitative estimate of drug-likeness (QED) is 0.325. The predicted octanol–water partition coefficient (Wildman–Crippen LogP) is 4.00. The predicted molar refractivity (Wildman–Crippen MR) is 120 cm³/mol. The van der Waals surface area contributed by atoms with E-state index in [-0.39, 0.29) is 17.4 Å². The van der Waals surface area contributed by atoms with Crippen LogP contribution in [-0.4, -0.2) is 37.2 Å². The lowest BCUT2D eigenvalue weighted by atomic mass is 10.1. The Morgan fingerprint density at radius 1 is 1.10 bits per heavy atom. The first-order valence-electron chi connectivity index (χ1n) is 9.79. The fourth-order valence-corrected chi connectivity index (χ4v) is 3.69. The number of hydrogen-bond acceptors (Lipinski definition) is 6. The SMILES string of the molecule is CC/C(=N\NC(=O)CSc1nnc(-c2ccc(C)cc2)n1CC)c1ccc(O)cc1. The summed E-state index contributed by atoms with van der Waals surface area (Å²) in [6.07, 6.45) is 0.655. The molecule has 0 radical (unpaired) electrons. The fraction of sp³-hybridized carbons (Fsp3) is 0.273. The van der Waals surface area contributed by atoms with Crippen molar-refractivity contribution in [3.8, 4) is 17.1 Å². The number of aromatic nitrogens is 3. The van der Waals surface area contributed by atoms with Crippen LogP contribution in [0.2, 0.25) is 0 Å². The highest BCUT2D eigenvalue weighted by Gasteiger charge is 2.14. The zero-order valence-electron chi connectivity index (χ0n) is 17.3. The molecule has 0 fully saturated rings. The summed E-state index contributed by atoms with van der Waals surface area (Å²) in [6.45, 7) is 6.74. The zero-order chi connectivity index (χ0) is 21.5. The van der Waals surface area contributed by atoms with E-state index in [1.54, 1.807) is 24.3 Å². The Morgan fingerprint density at radius 3 is 2.43 bits per heavy atom. The molecule has 1 amide bonds. The van der Waals surface area contributed by atoms with Crippen molar-refractivity contribution < 1.29 is 9.90 Å². The first kappa shape index (κ1) is 21.6. The molecule has 7 nitrogen and oxygen atoms in total. The van der Waals surface area contributed by atoms with Crippen LogP contribution in [0, 0.1) is 6.92 Å². The maximum Gasteiger partial charge on any atom is 0.250 e. The average molecular weight is 424 g/mol. The number of nitrogens with one attached hydrogen (secondary N) is 1. The molecule has 0 aliphatic carbocycles. The maximum absolute atomic E-state index is 12.3. The molecule has 0 unspecified atom stereocenters. The Hall–Kier alpha value is -3.13. The number of phenols is 1. The van der Waals surface area contributed by atoms with Gasteiger partial charge in [0.05, 0.1) is 11.5 Å². The molecule has 0 aliphatic rings. The monoisotopic (exact) mass is 423 g/mol. The molecule has 2 N–H and O–H groups in total. The molecule has 0 bridgehead atoms. The summed E-state index contributed by atoms with van der Waals surface area (Å²) >= 11 is 1.33. The molecule has 8 heteroatoms. The average Bonchev–Trinajstić information content (AvgIpc) is 3.17. The number of hydrazone groups is 1. The van der Waals surface area contributed by atoms with Crippen molar-refractivity contribution in [3.05, 3.63) is 59.7 Å². The Morgan fingerprint density at radius 2 is 1.80 bits per heavy atom. The smallest absolute Gasteiger partial charge is 0.250 e. The third-order valence-electron chi connectivity index (χ3n) is 4.53. The van der Waals surface area contributed by atoms with Crippen molar-refractivity contribution in [2.24, 2.45) is 5.10 Å². The summed E-state index contributed by atoms with van der Waals surface area (Å²) in [4.78, 5) is 12.3. The summed E-state index contributed by atoms with van der Waals surface area (Å²) < 4.78 is 2.00. The Bertz CT molecular complexity index is 1030. The maximum atomic E-state index is 12.3. The summed E-state index contributed by atoms with van der Waals surface area (Å²) in [5.74, 6) is 0.952. The second kappa shape index (κ2) is 10.1. The minimum absolute atomic E-state index is 0.183. The van der Waals surface area contributed by atoms with Crippen LogP contribution in [0.4, 0.5) is 0 Å². The number of rotatable bonds is 8. The molecule has 156 valence electrons. The Labute approximate surface area is 180 Å². The van der Waals surface area contributed by atoms with Crippen molar-refractivity contribution >= 4 is 23.4 Å². The van der Waals surface area contributed by atoms with Crippen LogP contribution in [0.15, 0.2) is 58.8 Å². The second-order valence-corrected chi connectivity index (χ2v) is 7.64. The van der Waals surface area contributed by atoms with E-state index < -0.39 is 0 Å². The Balaban J connectivity index is 1.64. The molecule has 3 rings (SSSR count). The van der Waals surface area contributed by atoms with E-state index in [0.29, 0.717) is 18.1 Å². The molecule has 1 aromatic heterocycles. The number of amides is 1. The van der Waals surface area contributed by atoms with E-state index in [1.807, 2.05) is 49.6 Å². The van der Waals surface area contributed by atoms with Gasteiger partial charge in [-0.25, -0.2) is 5.43 Å². The molecule has 30 heavy (non-hydrogen) atoms. The summed E-state index contributed by atoms with van der Waals surface area (Å²) in [6, 6.07) is 14.9. The van der Waals surface area contributed by atoms with Crippen LogP contribution >= 0.6 is 11.8 Å². The lowest BCUT2D eigenvalue weighted by Crippen LogP contribution is -2.22. The van der Waals surface area contributed by atoms with Gasteiger partial charge in [-0.1, -0.05) is 48.5 Å². The van der Waals surface area contributed by atoms with Gasteiger partial charge in [0, 0.05) is 12.1 Å². The number of aromatic hydroxyl groups is 1. The normalized spacial score (nSPS) is 11.5. The van der Waals surface area contributed by atoms with E-state index >= 15 is 0 Å². The molecule has 3 aromatic rings. The number of carbonyl (C=O) groups is 1. The van der Waals surface area contributed by atoms with E-state index in [0.717, 1.165) is 22.7 Å². The van der Waals surface area contributed by atoms with Crippen molar-refractivity contribution in [3.63, 3.8) is 0 Å². The van der Waals surface area contributed by atoms with Gasteiger partial charge < -0.3 is 9.67 Å². The largest absolute Gasteiger partial charge is 0.508 e. The van der Waals surface area contributed by atoms with Crippen LogP contribution in [0.1, 0.15) is 31.4 Å². The van der Waals surface area contributed by atoms with Gasteiger partial charge in [-0.3, -0.25) is 4.79 Å². The van der Waals surface area contributed by atoms with Gasteiger partial charge in [0.1, 0.15) is 5.75 Å². The van der Waals surface area contributed by atoms with Gasteiger partial charge in [0.25, 0.3) is 5.91 Å². The van der Waals surface area contributed by atoms with E-state index in [2.05, 4.69) is 20.7 Å². The molecule has 0 spiro atoms. The number of benzene rings is 2. The minimum atomic E-state index is -0.215. The van der Waals surface area contributed by atoms with Gasteiger partial charge in [-0.05, 0) is 50.1 Å². The number of thioether (sulfide) groups is 1. The number of carbonyl (C=O) groups excluding carboxylic acids is 1. The summed E-state index contributed by atoms with van der Waals surface area (Å²) in [5.41, 5.74) is 6.39. The van der Waals surface area contributed by atoms with Crippen molar-refractivity contribution in [1.82, 2.24) is 20.2 Å². The highest BCUT2D eigenvalue weighted by Crippen LogP contribution is 2.24. The lowest BCUT2D eigenvalue weighted by molar-refractivity contribution is -0.118. The number of aryl methyl sites for hydroxylation is 1. The van der Waals surface area contributed by atoms with E-state index in [4.69, 9.17) is 0 Å². The molecule has 2 aromatic carbocycles. The second-order valence-electron chi connectivity index (χ2n) is 6.70. The van der Waals surface area contributed by atoms with E-state index in [1.165, 1.54) is 17.3 Å². The van der Waals surface area contributed by atoms with Crippen LogP contribution in [0.25, 0.3) is 11.4 Å². The van der Waals surface area contributed by atoms with Crippen molar-refractivity contribution in [2.45, 2.75) is 38.9 Å². The molecule has 0 saturated carbocycles. The molecular weight excluding hydrogens is 398 g/mol. The van der Waals surface area contributed by atoms with Gasteiger partial charge in [-0.2, -0.15) is 5.10 Å². The van der Waals surface area contributed by atoms with Crippen LogP contribution in [-0.2, 0) is 11.3 Å². The molecular formula is C22H25N5O2S. The van der Waals surface area contributed by atoms with Crippen LogP contribution in [0.3, 0.4) is 0 Å². The summed E-state index contributed by atoms with van der Waals surface area (Å²) in [5, 5.41) is 22.9. The van der Waals surface area contributed by atoms with Gasteiger partial charge in [0.2, 0.25) is 0 Å². The highest BCUT2D eigenvalue weighted by atomic mass is 32.2. The van der Waals surface area contributed by atoms with Crippen molar-refractivity contribution in [2.75, 3.05) is 5.75 Å². The molecule has 0 saturated heterocycles. The number of hydrogen-bond donors (Lipinski definition) is 2. The van der Waals surface area contributed by atoms with Crippen LogP contribution < -0.4 is 5.43 Å². The molecule has 0 aliphatic heterocycles. The lowest BCUT2D eigenvalue weighted by Gasteiger charge is -2.08. The summed E-state index contributed by atoms with van der Waals surface area (Å²) in [7, 11) is 0.